The van der Waals surface area contributed by atoms with Gasteiger partial charge in [0.1, 0.15) is 0 Å². The Morgan fingerprint density at radius 2 is 2.04 bits per heavy atom. The van der Waals surface area contributed by atoms with Gasteiger partial charge < -0.3 is 19.7 Å². The summed E-state index contributed by atoms with van der Waals surface area (Å²) in [7, 11) is 1.54. The molecule has 0 bridgehead atoms. The van der Waals surface area contributed by atoms with Gasteiger partial charge in [0.15, 0.2) is 11.5 Å². The third-order valence-electron chi connectivity index (χ3n) is 4.23. The molecule has 1 aliphatic rings. The van der Waals surface area contributed by atoms with Crippen LogP contribution in [0.4, 0.5) is 0 Å². The topological polar surface area (TPSA) is 67.9 Å². The molecule has 0 saturated carbocycles. The van der Waals surface area contributed by atoms with Crippen molar-refractivity contribution in [1.82, 2.24) is 10.2 Å². The molecule has 148 valence electrons. The second kappa shape index (κ2) is 10.8. The van der Waals surface area contributed by atoms with Gasteiger partial charge in [0, 0.05) is 32.1 Å². The van der Waals surface area contributed by atoms with E-state index in [9.17, 15) is 9.59 Å². The molecule has 0 aliphatic carbocycles. The number of hydrogen-bond donors (Lipinski definition) is 1. The molecule has 0 aromatic heterocycles. The quantitative estimate of drug-likeness (QED) is 0.652. The van der Waals surface area contributed by atoms with Gasteiger partial charge in [-0.2, -0.15) is 0 Å². The fourth-order valence-electron chi connectivity index (χ4n) is 2.83. The first-order valence-corrected chi connectivity index (χ1v) is 9.67. The number of benzene rings is 1. The molecule has 1 aliphatic heterocycles. The summed E-state index contributed by atoms with van der Waals surface area (Å²) in [5, 5.41) is 3.16. The van der Waals surface area contributed by atoms with Crippen LogP contribution in [0, 0.1) is 0 Å². The van der Waals surface area contributed by atoms with Crippen LogP contribution in [0.15, 0.2) is 18.2 Å². The van der Waals surface area contributed by atoms with Crippen molar-refractivity contribution in [3.8, 4) is 11.5 Å². The highest BCUT2D eigenvalue weighted by Gasteiger charge is 2.17. The summed E-state index contributed by atoms with van der Waals surface area (Å²) >= 11 is 6.26. The number of hydrogen-bond acceptors (Lipinski definition) is 4. The predicted octanol–water partition coefficient (Wildman–Crippen LogP) is 3.28. The van der Waals surface area contributed by atoms with Crippen LogP contribution >= 0.6 is 11.6 Å². The van der Waals surface area contributed by atoms with E-state index in [4.69, 9.17) is 21.1 Å². The first kappa shape index (κ1) is 21.1. The van der Waals surface area contributed by atoms with Crippen LogP contribution in [0.1, 0.15) is 38.2 Å². The maximum Gasteiger partial charge on any atom is 0.244 e. The summed E-state index contributed by atoms with van der Waals surface area (Å²) in [6, 6.07) is 3.48. The Labute approximate surface area is 165 Å². The number of carbonyl (C=O) groups excluding carboxylic acids is 2. The number of halogens is 1. The maximum absolute atomic E-state index is 12.0. The molecule has 0 unspecified atom stereocenters. The largest absolute Gasteiger partial charge is 0.493 e. The van der Waals surface area contributed by atoms with Crippen molar-refractivity contribution in [1.29, 1.82) is 0 Å². The highest BCUT2D eigenvalue weighted by molar-refractivity contribution is 6.32. The highest BCUT2D eigenvalue weighted by atomic mass is 35.5. The first-order valence-electron chi connectivity index (χ1n) is 9.29. The number of amides is 2. The minimum Gasteiger partial charge on any atom is -0.493 e. The van der Waals surface area contributed by atoms with Crippen LogP contribution in [0.3, 0.4) is 0 Å². The third-order valence-corrected chi connectivity index (χ3v) is 4.51. The summed E-state index contributed by atoms with van der Waals surface area (Å²) in [6.07, 6.45) is 6.38. The number of nitrogens with zero attached hydrogens (tertiary/aromatic N) is 1. The van der Waals surface area contributed by atoms with E-state index in [1.54, 1.807) is 25.3 Å². The lowest BCUT2D eigenvalue weighted by Gasteiger charge is -2.14. The van der Waals surface area contributed by atoms with Gasteiger partial charge in [0.25, 0.3) is 0 Å². The average molecular weight is 395 g/mol. The number of nitrogens with one attached hydrogen (secondary N) is 1. The minimum absolute atomic E-state index is 0.0935. The lowest BCUT2D eigenvalue weighted by molar-refractivity contribution is -0.130. The van der Waals surface area contributed by atoms with Crippen molar-refractivity contribution in [2.45, 2.75) is 32.6 Å². The van der Waals surface area contributed by atoms with Gasteiger partial charge in [0.05, 0.1) is 18.7 Å². The van der Waals surface area contributed by atoms with Gasteiger partial charge in [-0.05, 0) is 43.0 Å². The third kappa shape index (κ3) is 6.47. The molecule has 1 aromatic carbocycles. The van der Waals surface area contributed by atoms with E-state index >= 15 is 0 Å². The first-order chi connectivity index (χ1) is 13.0. The van der Waals surface area contributed by atoms with Crippen molar-refractivity contribution in [3.05, 3.63) is 28.8 Å². The Morgan fingerprint density at radius 1 is 1.30 bits per heavy atom. The van der Waals surface area contributed by atoms with Gasteiger partial charge in [-0.25, -0.2) is 0 Å². The Morgan fingerprint density at radius 3 is 2.70 bits per heavy atom. The summed E-state index contributed by atoms with van der Waals surface area (Å²) in [5.41, 5.74) is 0.726. The van der Waals surface area contributed by atoms with E-state index in [1.807, 2.05) is 11.8 Å². The summed E-state index contributed by atoms with van der Waals surface area (Å²) in [6.45, 7) is 4.53. The Kier molecular flexibility index (Phi) is 8.45. The van der Waals surface area contributed by atoms with E-state index in [2.05, 4.69) is 5.32 Å². The molecule has 27 heavy (non-hydrogen) atoms. The zero-order valence-corrected chi connectivity index (χ0v) is 16.7. The standard InChI is InChI=1S/C20H27ClN2O4/c1-3-12-27-20-16(21)13-15(14-17(20)26-2)6-7-18(24)22-9-8-19(25)23-10-4-5-11-23/h6-7,13-14H,3-5,8-12H2,1-2H3,(H,22,24)/b7-6+. The molecule has 7 heteroatoms. The molecule has 0 radical (unpaired) electrons. The van der Waals surface area contributed by atoms with Crippen LogP contribution in [-0.4, -0.2) is 50.1 Å². The van der Waals surface area contributed by atoms with E-state index in [-0.39, 0.29) is 11.8 Å². The monoisotopic (exact) mass is 394 g/mol. The van der Waals surface area contributed by atoms with Crippen LogP contribution in [0.2, 0.25) is 5.02 Å². The molecule has 2 amide bonds. The average Bonchev–Trinajstić information content (AvgIpc) is 3.20. The molecule has 1 aromatic rings. The van der Waals surface area contributed by atoms with Crippen molar-refractivity contribution in [2.75, 3.05) is 33.4 Å². The van der Waals surface area contributed by atoms with Crippen molar-refractivity contribution >= 4 is 29.5 Å². The highest BCUT2D eigenvalue weighted by Crippen LogP contribution is 2.36. The molecule has 0 spiro atoms. The van der Waals surface area contributed by atoms with Gasteiger partial charge in [-0.3, -0.25) is 9.59 Å². The van der Waals surface area contributed by atoms with E-state index in [0.29, 0.717) is 36.1 Å². The van der Waals surface area contributed by atoms with E-state index in [1.165, 1.54) is 6.08 Å². The molecule has 1 heterocycles. The van der Waals surface area contributed by atoms with Crippen LogP contribution < -0.4 is 14.8 Å². The molecule has 1 saturated heterocycles. The summed E-state index contributed by atoms with van der Waals surface area (Å²) in [4.78, 5) is 25.7. The zero-order chi connectivity index (χ0) is 19.6. The molecular formula is C20H27ClN2O4. The lowest BCUT2D eigenvalue weighted by Crippen LogP contribution is -2.32. The second-order valence-electron chi connectivity index (χ2n) is 6.34. The smallest absolute Gasteiger partial charge is 0.244 e. The zero-order valence-electron chi connectivity index (χ0n) is 15.9. The number of likely N-dealkylation sites (tertiary alicyclic amines) is 1. The molecular weight excluding hydrogens is 368 g/mol. The molecule has 2 rings (SSSR count). The number of carbonyl (C=O) groups is 2. The minimum atomic E-state index is -0.259. The van der Waals surface area contributed by atoms with Gasteiger partial charge >= 0.3 is 0 Å². The number of methoxy groups -OCH3 is 1. The van der Waals surface area contributed by atoms with E-state index in [0.717, 1.165) is 37.9 Å². The molecule has 0 atom stereocenters. The van der Waals surface area contributed by atoms with Crippen molar-refractivity contribution in [2.24, 2.45) is 0 Å². The van der Waals surface area contributed by atoms with Crippen molar-refractivity contribution in [3.63, 3.8) is 0 Å². The van der Waals surface area contributed by atoms with Crippen LogP contribution in [0.25, 0.3) is 6.08 Å². The summed E-state index contributed by atoms with van der Waals surface area (Å²) < 4.78 is 10.9. The SMILES string of the molecule is CCCOc1c(Cl)cc(/C=C/C(=O)NCCC(=O)N2CCCC2)cc1OC. The number of rotatable bonds is 9. The Bertz CT molecular complexity index is 685. The van der Waals surface area contributed by atoms with Crippen molar-refractivity contribution < 1.29 is 19.1 Å². The fourth-order valence-corrected chi connectivity index (χ4v) is 3.10. The van der Waals surface area contributed by atoms with Gasteiger partial charge in [-0.1, -0.05) is 18.5 Å². The van der Waals surface area contributed by atoms with E-state index < -0.39 is 0 Å². The maximum atomic E-state index is 12.0. The molecule has 6 nitrogen and oxygen atoms in total. The molecule has 1 N–H and O–H groups in total. The molecule has 1 fully saturated rings. The Hall–Kier alpha value is -2.21. The van der Waals surface area contributed by atoms with Gasteiger partial charge in [-0.15, -0.1) is 0 Å². The van der Waals surface area contributed by atoms with Gasteiger partial charge in [0.2, 0.25) is 11.8 Å². The number of ether oxygens (including phenoxy) is 2. The second-order valence-corrected chi connectivity index (χ2v) is 6.75. The van der Waals surface area contributed by atoms with Crippen LogP contribution in [0.5, 0.6) is 11.5 Å². The normalized spacial score (nSPS) is 13.8. The fraction of sp³-hybridized carbons (Fsp3) is 0.500. The predicted molar refractivity (Wildman–Crippen MR) is 106 cm³/mol. The summed E-state index contributed by atoms with van der Waals surface area (Å²) in [5.74, 6) is 0.858. The lowest BCUT2D eigenvalue weighted by atomic mass is 10.2. The Balaban J connectivity index is 1.87. The van der Waals surface area contributed by atoms with Crippen LogP contribution in [-0.2, 0) is 9.59 Å².